The molecule has 0 unspecified atom stereocenters. The van der Waals surface area contributed by atoms with Gasteiger partial charge in [-0.25, -0.2) is 4.98 Å². The Morgan fingerprint density at radius 2 is 1.96 bits per heavy atom. The third-order valence-corrected chi connectivity index (χ3v) is 4.84. The van der Waals surface area contributed by atoms with Crippen molar-refractivity contribution in [1.82, 2.24) is 10.3 Å². The molecule has 0 atom stereocenters. The molecule has 5 heteroatoms. The highest BCUT2D eigenvalue weighted by Crippen LogP contribution is 2.24. The molecule has 1 aromatic carbocycles. The van der Waals surface area contributed by atoms with Crippen molar-refractivity contribution in [2.24, 2.45) is 5.92 Å². The van der Waals surface area contributed by atoms with E-state index in [9.17, 15) is 4.79 Å². The van der Waals surface area contributed by atoms with E-state index >= 15 is 0 Å². The Balaban J connectivity index is 1.88. The van der Waals surface area contributed by atoms with E-state index in [1.807, 2.05) is 24.3 Å². The molecule has 1 heterocycles. The van der Waals surface area contributed by atoms with Gasteiger partial charge in [-0.2, -0.15) is 0 Å². The summed E-state index contributed by atoms with van der Waals surface area (Å²) in [6, 6.07) is 7.88. The summed E-state index contributed by atoms with van der Waals surface area (Å²) in [6.45, 7) is 4.75. The van der Waals surface area contributed by atoms with Crippen molar-refractivity contribution < 1.29 is 9.53 Å². The second kappa shape index (κ2) is 8.67. The molecule has 4 nitrogen and oxygen atoms in total. The molecule has 0 spiro atoms. The first-order chi connectivity index (χ1) is 11.2. The molecule has 0 saturated carbocycles. The fourth-order valence-corrected chi connectivity index (χ4v) is 3.22. The number of amides is 1. The zero-order valence-corrected chi connectivity index (χ0v) is 14.8. The number of hydrogen-bond acceptors (Lipinski definition) is 4. The van der Waals surface area contributed by atoms with Crippen LogP contribution in [0.2, 0.25) is 0 Å². The van der Waals surface area contributed by atoms with Crippen molar-refractivity contribution in [2.45, 2.75) is 33.1 Å². The third kappa shape index (κ3) is 4.79. The Morgan fingerprint density at radius 3 is 2.57 bits per heavy atom. The molecule has 0 aliphatic carbocycles. The van der Waals surface area contributed by atoms with Gasteiger partial charge in [0.1, 0.15) is 5.75 Å². The molecule has 0 radical (unpaired) electrons. The van der Waals surface area contributed by atoms with Gasteiger partial charge < -0.3 is 10.1 Å². The van der Waals surface area contributed by atoms with E-state index in [4.69, 9.17) is 4.74 Å². The van der Waals surface area contributed by atoms with E-state index in [1.54, 1.807) is 18.4 Å². The predicted octanol–water partition coefficient (Wildman–Crippen LogP) is 3.91. The van der Waals surface area contributed by atoms with E-state index in [-0.39, 0.29) is 11.8 Å². The summed E-state index contributed by atoms with van der Waals surface area (Å²) in [6.07, 6.45) is 2.55. The Kier molecular flexibility index (Phi) is 6.59. The molecule has 2 aromatic rings. The van der Waals surface area contributed by atoms with Gasteiger partial charge in [0.15, 0.2) is 0 Å². The molecule has 0 fully saturated rings. The zero-order valence-electron chi connectivity index (χ0n) is 14.0. The van der Waals surface area contributed by atoms with Crippen LogP contribution in [0.3, 0.4) is 0 Å². The molecule has 1 N–H and O–H groups in total. The summed E-state index contributed by atoms with van der Waals surface area (Å²) < 4.78 is 5.17. The molecule has 23 heavy (non-hydrogen) atoms. The van der Waals surface area contributed by atoms with Crippen LogP contribution < -0.4 is 10.1 Å². The van der Waals surface area contributed by atoms with E-state index in [0.29, 0.717) is 6.54 Å². The lowest BCUT2D eigenvalue weighted by Crippen LogP contribution is -2.31. The molecule has 124 valence electrons. The van der Waals surface area contributed by atoms with Crippen LogP contribution >= 0.6 is 11.3 Å². The van der Waals surface area contributed by atoms with Gasteiger partial charge >= 0.3 is 0 Å². The Morgan fingerprint density at radius 1 is 1.26 bits per heavy atom. The number of rotatable bonds is 8. The number of carbonyl (C=O) groups excluding carboxylic acids is 1. The molecule has 0 bridgehead atoms. The van der Waals surface area contributed by atoms with Crippen molar-refractivity contribution in [3.8, 4) is 17.0 Å². The van der Waals surface area contributed by atoms with E-state index in [1.165, 1.54) is 0 Å². The average Bonchev–Trinajstić information content (AvgIpc) is 3.05. The molecule has 1 aromatic heterocycles. The number of nitrogens with zero attached hydrogens (tertiary/aromatic N) is 1. The van der Waals surface area contributed by atoms with Gasteiger partial charge in [0, 0.05) is 29.8 Å². The summed E-state index contributed by atoms with van der Waals surface area (Å²) in [5.41, 5.74) is 2.05. The second-order valence-electron chi connectivity index (χ2n) is 5.41. The Hall–Kier alpha value is -1.88. The van der Waals surface area contributed by atoms with Gasteiger partial charge in [-0.1, -0.05) is 13.8 Å². The number of ether oxygens (including phenoxy) is 1. The number of nitrogens with one attached hydrogen (secondary N) is 1. The van der Waals surface area contributed by atoms with Gasteiger partial charge in [-0.05, 0) is 37.1 Å². The molecular formula is C18H24N2O2S. The first-order valence-electron chi connectivity index (χ1n) is 8.04. The highest BCUT2D eigenvalue weighted by Gasteiger charge is 2.13. The van der Waals surface area contributed by atoms with Gasteiger partial charge in [-0.15, -0.1) is 11.3 Å². The minimum Gasteiger partial charge on any atom is -0.497 e. The Labute approximate surface area is 141 Å². The van der Waals surface area contributed by atoms with Crippen LogP contribution in [0.5, 0.6) is 5.75 Å². The fraction of sp³-hybridized carbons (Fsp3) is 0.444. The van der Waals surface area contributed by atoms with Crippen molar-refractivity contribution in [3.05, 3.63) is 34.7 Å². The summed E-state index contributed by atoms with van der Waals surface area (Å²) in [5, 5.41) is 6.11. The summed E-state index contributed by atoms with van der Waals surface area (Å²) >= 11 is 1.63. The third-order valence-electron chi connectivity index (χ3n) is 3.93. The standard InChI is InChI=1S/C18H24N2O2S/c1-4-13(5-2)18(21)19-11-10-17-20-16(12-23-17)14-6-8-15(22-3)9-7-14/h6-9,12-13H,4-5,10-11H2,1-3H3,(H,19,21). The average molecular weight is 332 g/mol. The first-order valence-corrected chi connectivity index (χ1v) is 8.92. The molecule has 0 aliphatic rings. The van der Waals surface area contributed by atoms with Crippen LogP contribution in [-0.2, 0) is 11.2 Å². The summed E-state index contributed by atoms with van der Waals surface area (Å²) in [5.74, 6) is 1.12. The quantitative estimate of drug-likeness (QED) is 0.797. The molecule has 0 aliphatic heterocycles. The Bertz CT molecular complexity index is 618. The zero-order chi connectivity index (χ0) is 16.7. The minimum atomic E-state index is 0.126. The van der Waals surface area contributed by atoms with Crippen molar-refractivity contribution >= 4 is 17.2 Å². The van der Waals surface area contributed by atoms with Gasteiger partial charge in [-0.3, -0.25) is 4.79 Å². The van der Waals surface area contributed by atoms with E-state index in [0.717, 1.165) is 41.3 Å². The monoisotopic (exact) mass is 332 g/mol. The fourth-order valence-electron chi connectivity index (χ4n) is 2.42. The predicted molar refractivity (Wildman–Crippen MR) is 94.9 cm³/mol. The maximum absolute atomic E-state index is 11.9. The van der Waals surface area contributed by atoms with Gasteiger partial charge in [0.05, 0.1) is 17.8 Å². The lowest BCUT2D eigenvalue weighted by atomic mass is 10.0. The highest BCUT2D eigenvalue weighted by atomic mass is 32.1. The maximum atomic E-state index is 11.9. The summed E-state index contributed by atoms with van der Waals surface area (Å²) in [7, 11) is 1.66. The number of methoxy groups -OCH3 is 1. The van der Waals surface area contributed by atoms with Crippen molar-refractivity contribution in [2.75, 3.05) is 13.7 Å². The maximum Gasteiger partial charge on any atom is 0.223 e. The lowest BCUT2D eigenvalue weighted by Gasteiger charge is -2.11. The number of carbonyl (C=O) groups is 1. The number of aromatic nitrogens is 1. The van der Waals surface area contributed by atoms with Crippen LogP contribution in [-0.4, -0.2) is 24.5 Å². The van der Waals surface area contributed by atoms with Crippen LogP contribution in [0, 0.1) is 5.92 Å². The van der Waals surface area contributed by atoms with Crippen LogP contribution in [0.4, 0.5) is 0 Å². The van der Waals surface area contributed by atoms with Crippen molar-refractivity contribution in [3.63, 3.8) is 0 Å². The van der Waals surface area contributed by atoms with Crippen LogP contribution in [0.25, 0.3) is 11.3 Å². The molecular weight excluding hydrogens is 308 g/mol. The molecule has 0 saturated heterocycles. The summed E-state index contributed by atoms with van der Waals surface area (Å²) in [4.78, 5) is 16.6. The van der Waals surface area contributed by atoms with Crippen LogP contribution in [0.15, 0.2) is 29.6 Å². The number of thiazole rings is 1. The van der Waals surface area contributed by atoms with Crippen molar-refractivity contribution in [1.29, 1.82) is 0 Å². The van der Waals surface area contributed by atoms with Gasteiger partial charge in [0.2, 0.25) is 5.91 Å². The normalized spacial score (nSPS) is 10.8. The number of hydrogen-bond donors (Lipinski definition) is 1. The minimum absolute atomic E-state index is 0.126. The first kappa shape index (κ1) is 17.5. The molecule has 2 rings (SSSR count). The number of benzene rings is 1. The molecule has 1 amide bonds. The van der Waals surface area contributed by atoms with Gasteiger partial charge in [0.25, 0.3) is 0 Å². The largest absolute Gasteiger partial charge is 0.497 e. The SMILES string of the molecule is CCC(CC)C(=O)NCCc1nc(-c2ccc(OC)cc2)cs1. The van der Waals surface area contributed by atoms with E-state index < -0.39 is 0 Å². The second-order valence-corrected chi connectivity index (χ2v) is 6.35. The topological polar surface area (TPSA) is 51.2 Å². The van der Waals surface area contributed by atoms with Crippen LogP contribution in [0.1, 0.15) is 31.7 Å². The lowest BCUT2D eigenvalue weighted by molar-refractivity contribution is -0.125. The van der Waals surface area contributed by atoms with E-state index in [2.05, 4.69) is 29.5 Å². The highest BCUT2D eigenvalue weighted by molar-refractivity contribution is 7.09. The smallest absolute Gasteiger partial charge is 0.223 e.